The van der Waals surface area contributed by atoms with Crippen LogP contribution in [0.25, 0.3) is 0 Å². The predicted octanol–water partition coefficient (Wildman–Crippen LogP) is 2.60. The maximum absolute atomic E-state index is 12.0. The van der Waals surface area contributed by atoms with Crippen molar-refractivity contribution in [3.63, 3.8) is 0 Å². The first-order chi connectivity index (χ1) is 10.8. The van der Waals surface area contributed by atoms with Crippen LogP contribution in [0.5, 0.6) is 0 Å². The average Bonchev–Trinajstić information content (AvgIpc) is 2.53. The van der Waals surface area contributed by atoms with Crippen LogP contribution in [-0.4, -0.2) is 32.8 Å². The van der Waals surface area contributed by atoms with E-state index in [1.807, 2.05) is 31.2 Å². The predicted molar refractivity (Wildman–Crippen MR) is 87.6 cm³/mol. The number of nitrogens with zero attached hydrogens (tertiary/aromatic N) is 1. The molecule has 122 valence electrons. The number of rotatable bonds is 5. The normalized spacial score (nSPS) is 11.5. The van der Waals surface area contributed by atoms with E-state index in [4.69, 9.17) is 4.74 Å². The lowest BCUT2D eigenvalue weighted by Gasteiger charge is -2.11. The summed E-state index contributed by atoms with van der Waals surface area (Å²) < 4.78 is 30.3. The lowest BCUT2D eigenvalue weighted by molar-refractivity contribution is 0.0472. The van der Waals surface area contributed by atoms with Gasteiger partial charge in [0.15, 0.2) is 0 Å². The standard InChI is InChI=1S/C17H19NO4S/c1-13-6-4-5-7-15(13)12-22-17(19)14-8-10-16(11-9-14)23(20,21)18(2)3/h4-11H,12H2,1-3H3. The zero-order chi connectivity index (χ0) is 17.0. The molecule has 0 aliphatic heterocycles. The van der Waals surface area contributed by atoms with Crippen LogP contribution in [-0.2, 0) is 21.4 Å². The Balaban J connectivity index is 2.08. The second-order valence-electron chi connectivity index (χ2n) is 5.31. The van der Waals surface area contributed by atoms with Gasteiger partial charge in [-0.1, -0.05) is 24.3 Å². The van der Waals surface area contributed by atoms with Crippen LogP contribution in [0, 0.1) is 6.92 Å². The minimum atomic E-state index is -3.50. The highest BCUT2D eigenvalue weighted by molar-refractivity contribution is 7.89. The summed E-state index contributed by atoms with van der Waals surface area (Å²) in [4.78, 5) is 12.2. The monoisotopic (exact) mass is 333 g/mol. The molecule has 2 aromatic rings. The van der Waals surface area contributed by atoms with E-state index in [1.54, 1.807) is 0 Å². The van der Waals surface area contributed by atoms with Gasteiger partial charge in [-0.2, -0.15) is 0 Å². The molecule has 5 nitrogen and oxygen atoms in total. The van der Waals surface area contributed by atoms with E-state index in [-0.39, 0.29) is 11.5 Å². The number of sulfonamides is 1. The fraction of sp³-hybridized carbons (Fsp3) is 0.235. The Bertz CT molecular complexity index is 796. The molecule has 23 heavy (non-hydrogen) atoms. The van der Waals surface area contributed by atoms with E-state index in [1.165, 1.54) is 38.4 Å². The number of carbonyl (C=O) groups excluding carboxylic acids is 1. The second kappa shape index (κ2) is 6.93. The molecular weight excluding hydrogens is 314 g/mol. The van der Waals surface area contributed by atoms with Crippen molar-refractivity contribution in [3.8, 4) is 0 Å². The molecule has 0 aliphatic carbocycles. The number of esters is 1. The fourth-order valence-electron chi connectivity index (χ4n) is 1.97. The van der Waals surface area contributed by atoms with Crippen molar-refractivity contribution >= 4 is 16.0 Å². The van der Waals surface area contributed by atoms with E-state index in [0.717, 1.165) is 15.4 Å². The molecule has 0 saturated carbocycles. The van der Waals surface area contributed by atoms with Gasteiger partial charge in [-0.3, -0.25) is 0 Å². The van der Waals surface area contributed by atoms with Crippen molar-refractivity contribution in [1.29, 1.82) is 0 Å². The fourth-order valence-corrected chi connectivity index (χ4v) is 2.87. The first kappa shape index (κ1) is 17.2. The van der Waals surface area contributed by atoms with Crippen molar-refractivity contribution in [2.75, 3.05) is 14.1 Å². The summed E-state index contributed by atoms with van der Waals surface area (Å²) in [7, 11) is -0.583. The van der Waals surface area contributed by atoms with Gasteiger partial charge in [-0.05, 0) is 42.3 Å². The van der Waals surface area contributed by atoms with E-state index in [0.29, 0.717) is 5.56 Å². The zero-order valence-corrected chi connectivity index (χ0v) is 14.1. The van der Waals surface area contributed by atoms with E-state index in [9.17, 15) is 13.2 Å². The molecule has 0 unspecified atom stereocenters. The first-order valence-corrected chi connectivity index (χ1v) is 8.50. The van der Waals surface area contributed by atoms with Gasteiger partial charge in [0.2, 0.25) is 10.0 Å². The summed E-state index contributed by atoms with van der Waals surface area (Å²) in [6.07, 6.45) is 0. The average molecular weight is 333 g/mol. The molecule has 0 heterocycles. The Morgan fingerprint density at radius 1 is 1.04 bits per heavy atom. The molecule has 2 aromatic carbocycles. The highest BCUT2D eigenvalue weighted by atomic mass is 32.2. The third-order valence-electron chi connectivity index (χ3n) is 3.49. The van der Waals surface area contributed by atoms with Gasteiger partial charge in [0.05, 0.1) is 10.5 Å². The maximum Gasteiger partial charge on any atom is 0.338 e. The Labute approximate surface area is 136 Å². The van der Waals surface area contributed by atoms with Gasteiger partial charge >= 0.3 is 5.97 Å². The van der Waals surface area contributed by atoms with Gasteiger partial charge in [-0.25, -0.2) is 17.5 Å². The molecule has 0 aromatic heterocycles. The van der Waals surface area contributed by atoms with E-state index in [2.05, 4.69) is 0 Å². The molecule has 0 radical (unpaired) electrons. The molecule has 0 atom stereocenters. The molecule has 0 amide bonds. The van der Waals surface area contributed by atoms with E-state index >= 15 is 0 Å². The van der Waals surface area contributed by atoms with Crippen LogP contribution in [0.2, 0.25) is 0 Å². The SMILES string of the molecule is Cc1ccccc1COC(=O)c1ccc(S(=O)(=O)N(C)C)cc1. The van der Waals surface area contributed by atoms with Crippen molar-refractivity contribution in [2.45, 2.75) is 18.4 Å². The number of aryl methyl sites for hydroxylation is 1. The lowest BCUT2D eigenvalue weighted by Crippen LogP contribution is -2.22. The van der Waals surface area contributed by atoms with E-state index < -0.39 is 16.0 Å². The summed E-state index contributed by atoms with van der Waals surface area (Å²) in [5.41, 5.74) is 2.30. The second-order valence-corrected chi connectivity index (χ2v) is 7.47. The Morgan fingerprint density at radius 2 is 1.65 bits per heavy atom. The molecule has 0 spiro atoms. The van der Waals surface area contributed by atoms with Crippen LogP contribution in [0.3, 0.4) is 0 Å². The minimum Gasteiger partial charge on any atom is -0.457 e. The molecule has 0 fully saturated rings. The smallest absolute Gasteiger partial charge is 0.338 e. The molecular formula is C17H19NO4S. The highest BCUT2D eigenvalue weighted by Gasteiger charge is 2.17. The largest absolute Gasteiger partial charge is 0.457 e. The quantitative estimate of drug-likeness (QED) is 0.789. The van der Waals surface area contributed by atoms with Crippen molar-refractivity contribution < 1.29 is 17.9 Å². The lowest BCUT2D eigenvalue weighted by atomic mass is 10.1. The topological polar surface area (TPSA) is 63.7 Å². The number of hydrogen-bond acceptors (Lipinski definition) is 4. The minimum absolute atomic E-state index is 0.137. The van der Waals surface area contributed by atoms with Crippen LogP contribution >= 0.6 is 0 Å². The van der Waals surface area contributed by atoms with Gasteiger partial charge in [0, 0.05) is 14.1 Å². The number of carbonyl (C=O) groups is 1. The summed E-state index contributed by atoms with van der Waals surface area (Å²) in [6, 6.07) is 13.4. The summed E-state index contributed by atoms with van der Waals surface area (Å²) in [6.45, 7) is 2.13. The highest BCUT2D eigenvalue weighted by Crippen LogP contribution is 2.15. The third kappa shape index (κ3) is 3.97. The van der Waals surface area contributed by atoms with Crippen LogP contribution < -0.4 is 0 Å². The van der Waals surface area contributed by atoms with Crippen LogP contribution in [0.1, 0.15) is 21.5 Å². The molecule has 0 saturated heterocycles. The molecule has 0 bridgehead atoms. The molecule has 0 N–H and O–H groups in total. The Hall–Kier alpha value is -2.18. The summed E-state index contributed by atoms with van der Waals surface area (Å²) >= 11 is 0. The Kier molecular flexibility index (Phi) is 5.18. The summed E-state index contributed by atoms with van der Waals surface area (Å²) in [5, 5.41) is 0. The Morgan fingerprint density at radius 3 is 2.22 bits per heavy atom. The van der Waals surface area contributed by atoms with Gasteiger partial charge in [-0.15, -0.1) is 0 Å². The summed E-state index contributed by atoms with van der Waals surface area (Å²) in [5.74, 6) is -0.484. The van der Waals surface area contributed by atoms with Crippen LogP contribution in [0.4, 0.5) is 0 Å². The first-order valence-electron chi connectivity index (χ1n) is 7.06. The number of hydrogen-bond donors (Lipinski definition) is 0. The number of benzene rings is 2. The maximum atomic E-state index is 12.0. The van der Waals surface area contributed by atoms with Crippen molar-refractivity contribution in [1.82, 2.24) is 4.31 Å². The zero-order valence-electron chi connectivity index (χ0n) is 13.3. The van der Waals surface area contributed by atoms with Crippen molar-refractivity contribution in [3.05, 3.63) is 65.2 Å². The van der Waals surface area contributed by atoms with Crippen molar-refractivity contribution in [2.24, 2.45) is 0 Å². The van der Waals surface area contributed by atoms with Gasteiger partial charge in [0.25, 0.3) is 0 Å². The number of ether oxygens (including phenoxy) is 1. The van der Waals surface area contributed by atoms with Gasteiger partial charge in [0.1, 0.15) is 6.61 Å². The molecule has 0 aliphatic rings. The molecule has 2 rings (SSSR count). The van der Waals surface area contributed by atoms with Crippen LogP contribution in [0.15, 0.2) is 53.4 Å². The third-order valence-corrected chi connectivity index (χ3v) is 5.32. The van der Waals surface area contributed by atoms with Gasteiger partial charge < -0.3 is 4.74 Å². The molecule has 6 heteroatoms.